The van der Waals surface area contributed by atoms with Crippen LogP contribution in [0.3, 0.4) is 0 Å². The number of carboxylic acids is 1. The molecule has 0 spiro atoms. The van der Waals surface area contributed by atoms with Gasteiger partial charge in [0.05, 0.1) is 6.54 Å². The summed E-state index contributed by atoms with van der Waals surface area (Å²) in [4.78, 5) is 24.5. The van der Waals surface area contributed by atoms with Gasteiger partial charge in [0.1, 0.15) is 23.2 Å². The summed E-state index contributed by atoms with van der Waals surface area (Å²) >= 11 is 0. The third-order valence-corrected chi connectivity index (χ3v) is 5.33. The first-order chi connectivity index (χ1) is 11.9. The van der Waals surface area contributed by atoms with Crippen molar-refractivity contribution in [3.05, 3.63) is 23.3 Å². The topological polar surface area (TPSA) is 122 Å². The van der Waals surface area contributed by atoms with E-state index in [2.05, 4.69) is 0 Å². The third kappa shape index (κ3) is 2.63. The van der Waals surface area contributed by atoms with Gasteiger partial charge in [-0.3, -0.25) is 9.69 Å². The van der Waals surface area contributed by atoms with Crippen molar-refractivity contribution in [3.8, 4) is 11.5 Å². The second-order valence-corrected chi connectivity index (χ2v) is 7.03. The number of benzene rings is 1. The number of carboxylic acid groups (broad SMARTS) is 1. The van der Waals surface area contributed by atoms with Crippen LogP contribution in [0.1, 0.15) is 28.8 Å². The standard InChI is InChI=1S/C16H19BN2O6/c1-7-12-9-2-3-10(24-8-4-19(5-8)6-11(18)20)13(16(21)22)15(9)25-17(23)14(7)12/h2-3,7-8,12,14,23H,4-6H2,1H3,(H2,18,20)(H,21,22). The molecule has 25 heavy (non-hydrogen) atoms. The minimum absolute atomic E-state index is 0.0231. The zero-order chi connectivity index (χ0) is 17.9. The van der Waals surface area contributed by atoms with Crippen LogP contribution in [0.4, 0.5) is 0 Å². The molecule has 1 aromatic carbocycles. The van der Waals surface area contributed by atoms with Crippen LogP contribution in [0, 0.1) is 5.92 Å². The highest BCUT2D eigenvalue weighted by Gasteiger charge is 2.60. The molecule has 3 unspecified atom stereocenters. The summed E-state index contributed by atoms with van der Waals surface area (Å²) in [6.07, 6.45) is -0.211. The Kier molecular flexibility index (Phi) is 3.66. The lowest BCUT2D eigenvalue weighted by Crippen LogP contribution is -2.56. The fourth-order valence-corrected chi connectivity index (χ4v) is 4.02. The fourth-order valence-electron chi connectivity index (χ4n) is 4.02. The van der Waals surface area contributed by atoms with Gasteiger partial charge in [-0.1, -0.05) is 13.0 Å². The Balaban J connectivity index is 1.57. The molecular formula is C16H19BN2O6. The monoisotopic (exact) mass is 346 g/mol. The van der Waals surface area contributed by atoms with Crippen molar-refractivity contribution in [2.75, 3.05) is 19.6 Å². The van der Waals surface area contributed by atoms with Crippen LogP contribution in [-0.4, -0.2) is 59.8 Å². The van der Waals surface area contributed by atoms with Crippen LogP contribution >= 0.6 is 0 Å². The third-order valence-electron chi connectivity index (χ3n) is 5.33. The predicted molar refractivity (Wildman–Crippen MR) is 87.7 cm³/mol. The lowest BCUT2D eigenvalue weighted by Gasteiger charge is -2.38. The van der Waals surface area contributed by atoms with E-state index in [9.17, 15) is 19.7 Å². The van der Waals surface area contributed by atoms with Crippen molar-refractivity contribution in [1.82, 2.24) is 4.90 Å². The molecular weight excluding hydrogens is 327 g/mol. The van der Waals surface area contributed by atoms with E-state index in [0.717, 1.165) is 5.56 Å². The molecule has 1 saturated carbocycles. The van der Waals surface area contributed by atoms with Gasteiger partial charge in [0.15, 0.2) is 0 Å². The fraction of sp³-hybridized carbons (Fsp3) is 0.500. The van der Waals surface area contributed by atoms with E-state index in [1.165, 1.54) is 0 Å². The maximum absolute atomic E-state index is 11.8. The van der Waals surface area contributed by atoms with Crippen LogP contribution in [0.25, 0.3) is 0 Å². The van der Waals surface area contributed by atoms with Gasteiger partial charge >= 0.3 is 13.1 Å². The Labute approximate surface area is 144 Å². The Hall–Kier alpha value is -2.26. The average Bonchev–Trinajstić information content (AvgIpc) is 3.16. The number of hydrogen-bond acceptors (Lipinski definition) is 6. The number of amides is 1. The molecule has 0 radical (unpaired) electrons. The first-order valence-electron chi connectivity index (χ1n) is 8.29. The molecule has 4 rings (SSSR count). The number of ether oxygens (including phenoxy) is 1. The summed E-state index contributed by atoms with van der Waals surface area (Å²) in [5.41, 5.74) is 5.91. The summed E-state index contributed by atoms with van der Waals surface area (Å²) in [5, 5.41) is 19.7. The average molecular weight is 346 g/mol. The Bertz CT molecular complexity index is 750. The second-order valence-electron chi connectivity index (χ2n) is 7.03. The van der Waals surface area contributed by atoms with Crippen molar-refractivity contribution in [3.63, 3.8) is 0 Å². The summed E-state index contributed by atoms with van der Waals surface area (Å²) < 4.78 is 11.3. The van der Waals surface area contributed by atoms with Gasteiger partial charge in [-0.05, 0) is 23.5 Å². The highest BCUT2D eigenvalue weighted by atomic mass is 16.5. The van der Waals surface area contributed by atoms with Gasteiger partial charge in [-0.15, -0.1) is 0 Å². The molecule has 2 fully saturated rings. The van der Waals surface area contributed by atoms with Crippen molar-refractivity contribution in [1.29, 1.82) is 0 Å². The Morgan fingerprint density at radius 2 is 2.16 bits per heavy atom. The lowest BCUT2D eigenvalue weighted by atomic mass is 9.76. The zero-order valence-electron chi connectivity index (χ0n) is 13.7. The summed E-state index contributed by atoms with van der Waals surface area (Å²) in [6, 6.07) is 3.48. The Morgan fingerprint density at radius 3 is 2.80 bits per heavy atom. The van der Waals surface area contributed by atoms with E-state index in [4.69, 9.17) is 15.1 Å². The molecule has 1 amide bonds. The van der Waals surface area contributed by atoms with Gasteiger partial charge in [0.25, 0.3) is 0 Å². The number of primary amides is 1. The van der Waals surface area contributed by atoms with Crippen LogP contribution in [0.5, 0.6) is 11.5 Å². The van der Waals surface area contributed by atoms with E-state index in [0.29, 0.717) is 13.1 Å². The SMILES string of the molecule is CC1C2B(O)Oc3c(ccc(OC4CN(CC(N)=O)C4)c3C(=O)O)C12. The number of likely N-dealkylation sites (tertiary alicyclic amines) is 1. The summed E-state index contributed by atoms with van der Waals surface area (Å²) in [6.45, 7) is 3.18. The number of fused-ring (bicyclic) bond motifs is 3. The molecule has 4 N–H and O–H groups in total. The number of hydrogen-bond donors (Lipinski definition) is 3. The summed E-state index contributed by atoms with van der Waals surface area (Å²) in [7, 11) is -0.990. The Morgan fingerprint density at radius 1 is 1.44 bits per heavy atom. The van der Waals surface area contributed by atoms with E-state index in [1.54, 1.807) is 6.07 Å². The first-order valence-corrected chi connectivity index (χ1v) is 8.29. The first kappa shape index (κ1) is 16.2. The molecule has 2 heterocycles. The van der Waals surface area contributed by atoms with Gasteiger partial charge in [0.2, 0.25) is 5.91 Å². The minimum atomic E-state index is -1.15. The van der Waals surface area contributed by atoms with Crippen molar-refractivity contribution >= 4 is 19.0 Å². The molecule has 132 valence electrons. The number of nitrogens with two attached hydrogens (primary N) is 1. The van der Waals surface area contributed by atoms with Gasteiger partial charge in [0, 0.05) is 18.9 Å². The maximum atomic E-state index is 11.8. The quantitative estimate of drug-likeness (QED) is 0.637. The van der Waals surface area contributed by atoms with Crippen LogP contribution in [-0.2, 0) is 4.79 Å². The maximum Gasteiger partial charge on any atom is 0.526 e. The van der Waals surface area contributed by atoms with Crippen LogP contribution < -0.4 is 15.1 Å². The highest BCUT2D eigenvalue weighted by Crippen LogP contribution is 2.65. The predicted octanol–water partition coefficient (Wildman–Crippen LogP) is -0.0905. The summed E-state index contributed by atoms with van der Waals surface area (Å²) in [5.74, 6) is -0.729. The number of carbonyl (C=O) groups excluding carboxylic acids is 1. The van der Waals surface area contributed by atoms with E-state index in [1.807, 2.05) is 17.9 Å². The molecule has 3 aliphatic rings. The zero-order valence-corrected chi connectivity index (χ0v) is 13.7. The second kappa shape index (κ2) is 5.64. The molecule has 3 atom stereocenters. The van der Waals surface area contributed by atoms with E-state index in [-0.39, 0.29) is 47.4 Å². The van der Waals surface area contributed by atoms with Crippen LogP contribution in [0.2, 0.25) is 5.82 Å². The largest absolute Gasteiger partial charge is 0.535 e. The van der Waals surface area contributed by atoms with Crippen molar-refractivity contribution in [2.45, 2.75) is 24.8 Å². The molecule has 1 aliphatic carbocycles. The van der Waals surface area contributed by atoms with E-state index < -0.39 is 19.0 Å². The number of nitrogens with zero attached hydrogens (tertiary/aromatic N) is 1. The smallest absolute Gasteiger partial charge is 0.526 e. The van der Waals surface area contributed by atoms with E-state index >= 15 is 0 Å². The van der Waals surface area contributed by atoms with Gasteiger partial charge in [-0.2, -0.15) is 0 Å². The van der Waals surface area contributed by atoms with Crippen molar-refractivity contribution < 1.29 is 29.1 Å². The van der Waals surface area contributed by atoms with Gasteiger partial charge in [-0.25, -0.2) is 4.79 Å². The molecule has 2 aliphatic heterocycles. The molecule has 8 nitrogen and oxygen atoms in total. The molecule has 0 bridgehead atoms. The molecule has 1 aromatic rings. The lowest BCUT2D eigenvalue weighted by molar-refractivity contribution is -0.121. The molecule has 9 heteroatoms. The van der Waals surface area contributed by atoms with Crippen molar-refractivity contribution in [2.24, 2.45) is 11.7 Å². The van der Waals surface area contributed by atoms with Gasteiger partial charge < -0.3 is 25.3 Å². The molecule has 1 saturated heterocycles. The number of aromatic carboxylic acids is 1. The minimum Gasteiger partial charge on any atom is -0.535 e. The number of carbonyl (C=O) groups is 2. The molecule has 0 aromatic heterocycles. The number of rotatable bonds is 5. The normalized spacial score (nSPS) is 27.6. The highest BCUT2D eigenvalue weighted by molar-refractivity contribution is 6.48. The van der Waals surface area contributed by atoms with Crippen LogP contribution in [0.15, 0.2) is 12.1 Å².